The van der Waals surface area contributed by atoms with Crippen molar-refractivity contribution in [2.45, 2.75) is 39.2 Å². The maximum absolute atomic E-state index is 11.0. The third kappa shape index (κ3) is 5.47. The normalized spacial score (nSPS) is 11.9. The van der Waals surface area contributed by atoms with Crippen molar-refractivity contribution in [2.75, 3.05) is 10.6 Å². The molecule has 0 saturated heterocycles. The maximum atomic E-state index is 11.0. The van der Waals surface area contributed by atoms with E-state index in [1.165, 1.54) is 18.1 Å². The fraction of sp³-hybridized carbons (Fsp3) is 0.429. The number of carbonyl (C=O) groups excluding carboxylic acids is 1. The summed E-state index contributed by atoms with van der Waals surface area (Å²) in [5, 5.41) is 7.87. The Balaban J connectivity index is 1.79. The molecule has 112 valence electrons. The number of hydrogen-bond acceptors (Lipinski definition) is 6. The van der Waals surface area contributed by atoms with Gasteiger partial charge in [-0.05, 0) is 37.6 Å². The lowest BCUT2D eigenvalue weighted by atomic mass is 10.1. The van der Waals surface area contributed by atoms with Gasteiger partial charge >= 0.3 is 0 Å². The predicted octanol–water partition coefficient (Wildman–Crippen LogP) is 2.71. The Kier molecular flexibility index (Phi) is 5.62. The number of carbonyl (C=O) groups is 1. The molecule has 1 atom stereocenters. The zero-order valence-electron chi connectivity index (χ0n) is 12.2. The highest BCUT2D eigenvalue weighted by Gasteiger charge is 2.06. The Morgan fingerprint density at radius 3 is 2.90 bits per heavy atom. The van der Waals surface area contributed by atoms with Crippen molar-refractivity contribution >= 4 is 29.1 Å². The summed E-state index contributed by atoms with van der Waals surface area (Å²) in [6, 6.07) is 4.50. The van der Waals surface area contributed by atoms with Gasteiger partial charge in [0.1, 0.15) is 6.33 Å². The summed E-state index contributed by atoms with van der Waals surface area (Å²) in [6.45, 7) is 3.51. The first-order valence-corrected chi connectivity index (χ1v) is 7.77. The Hall–Kier alpha value is -2.02. The van der Waals surface area contributed by atoms with Crippen molar-refractivity contribution in [1.82, 2.24) is 15.0 Å². The SMILES string of the molecule is CC(=O)Nc1ncnc(NC(C)CCCc2cccs2)n1. The van der Waals surface area contributed by atoms with Crippen LogP contribution in [-0.4, -0.2) is 26.9 Å². The van der Waals surface area contributed by atoms with Crippen LogP contribution in [0.1, 0.15) is 31.6 Å². The van der Waals surface area contributed by atoms with E-state index in [4.69, 9.17) is 0 Å². The van der Waals surface area contributed by atoms with Gasteiger partial charge in [-0.15, -0.1) is 11.3 Å². The molecule has 2 N–H and O–H groups in total. The van der Waals surface area contributed by atoms with Crippen LogP contribution in [-0.2, 0) is 11.2 Å². The number of rotatable bonds is 7. The van der Waals surface area contributed by atoms with Crippen LogP contribution in [0.5, 0.6) is 0 Å². The van der Waals surface area contributed by atoms with Gasteiger partial charge in [0.15, 0.2) is 0 Å². The summed E-state index contributed by atoms with van der Waals surface area (Å²) < 4.78 is 0. The fourth-order valence-electron chi connectivity index (χ4n) is 1.91. The lowest BCUT2D eigenvalue weighted by molar-refractivity contribution is -0.114. The van der Waals surface area contributed by atoms with Crippen molar-refractivity contribution in [3.63, 3.8) is 0 Å². The molecule has 0 aliphatic carbocycles. The number of aryl methyl sites for hydroxylation is 1. The lowest BCUT2D eigenvalue weighted by Crippen LogP contribution is -2.18. The van der Waals surface area contributed by atoms with Gasteiger partial charge in [0.25, 0.3) is 0 Å². The first kappa shape index (κ1) is 15.4. The molecule has 2 heterocycles. The molecule has 0 aromatic carbocycles. The Bertz CT molecular complexity index is 573. The minimum Gasteiger partial charge on any atom is -0.352 e. The van der Waals surface area contributed by atoms with Crippen molar-refractivity contribution in [3.05, 3.63) is 28.7 Å². The highest BCUT2D eigenvalue weighted by atomic mass is 32.1. The molecular weight excluding hydrogens is 286 g/mol. The summed E-state index contributed by atoms with van der Waals surface area (Å²) >= 11 is 1.79. The van der Waals surface area contributed by atoms with Gasteiger partial charge in [0.2, 0.25) is 17.8 Å². The van der Waals surface area contributed by atoms with Gasteiger partial charge in [0, 0.05) is 17.8 Å². The third-order valence-electron chi connectivity index (χ3n) is 2.88. The second-order valence-corrected chi connectivity index (χ2v) is 5.86. The van der Waals surface area contributed by atoms with Crippen LogP contribution in [0, 0.1) is 0 Å². The zero-order chi connectivity index (χ0) is 15.1. The number of hydrogen-bond donors (Lipinski definition) is 2. The van der Waals surface area contributed by atoms with Crippen molar-refractivity contribution in [1.29, 1.82) is 0 Å². The van der Waals surface area contributed by atoms with E-state index < -0.39 is 0 Å². The number of aromatic nitrogens is 3. The Morgan fingerprint density at radius 1 is 1.38 bits per heavy atom. The molecule has 21 heavy (non-hydrogen) atoms. The predicted molar refractivity (Wildman–Crippen MR) is 84.5 cm³/mol. The molecule has 6 nitrogen and oxygen atoms in total. The van der Waals surface area contributed by atoms with Crippen molar-refractivity contribution < 1.29 is 4.79 Å². The third-order valence-corrected chi connectivity index (χ3v) is 3.81. The van der Waals surface area contributed by atoms with Gasteiger partial charge < -0.3 is 5.32 Å². The van der Waals surface area contributed by atoms with E-state index in [-0.39, 0.29) is 17.9 Å². The zero-order valence-corrected chi connectivity index (χ0v) is 13.0. The van der Waals surface area contributed by atoms with E-state index in [0.717, 1.165) is 19.3 Å². The summed E-state index contributed by atoms with van der Waals surface area (Å²) in [5.41, 5.74) is 0. The number of nitrogens with one attached hydrogen (secondary N) is 2. The van der Waals surface area contributed by atoms with Gasteiger partial charge in [-0.3, -0.25) is 10.1 Å². The van der Waals surface area contributed by atoms with Crippen molar-refractivity contribution in [2.24, 2.45) is 0 Å². The molecule has 1 unspecified atom stereocenters. The fourth-order valence-corrected chi connectivity index (χ4v) is 2.66. The summed E-state index contributed by atoms with van der Waals surface area (Å²) in [7, 11) is 0. The molecule has 2 aromatic rings. The van der Waals surface area contributed by atoms with Crippen LogP contribution in [0.3, 0.4) is 0 Å². The minimum atomic E-state index is -0.198. The lowest BCUT2D eigenvalue weighted by Gasteiger charge is -2.13. The van der Waals surface area contributed by atoms with Gasteiger partial charge in [-0.25, -0.2) is 9.97 Å². The molecule has 0 radical (unpaired) electrons. The molecule has 0 aliphatic rings. The number of anilines is 2. The summed E-state index contributed by atoms with van der Waals surface area (Å²) in [5.74, 6) is 0.555. The highest BCUT2D eigenvalue weighted by Crippen LogP contribution is 2.14. The van der Waals surface area contributed by atoms with Crippen LogP contribution in [0.15, 0.2) is 23.8 Å². The average molecular weight is 305 g/mol. The number of nitrogens with zero attached hydrogens (tertiary/aromatic N) is 3. The average Bonchev–Trinajstić information content (AvgIpc) is 2.91. The minimum absolute atomic E-state index is 0.198. The van der Waals surface area contributed by atoms with Crippen molar-refractivity contribution in [3.8, 4) is 0 Å². The van der Waals surface area contributed by atoms with Crippen LogP contribution in [0.2, 0.25) is 0 Å². The quantitative estimate of drug-likeness (QED) is 0.822. The van der Waals surface area contributed by atoms with E-state index in [0.29, 0.717) is 5.95 Å². The summed E-state index contributed by atoms with van der Waals surface area (Å²) in [4.78, 5) is 24.5. The largest absolute Gasteiger partial charge is 0.352 e. The maximum Gasteiger partial charge on any atom is 0.234 e. The molecule has 0 bridgehead atoms. The van der Waals surface area contributed by atoms with Crippen LogP contribution < -0.4 is 10.6 Å². The number of amides is 1. The standard InChI is InChI=1S/C14H19N5OS/c1-10(5-3-6-12-7-4-8-21-12)17-13-15-9-16-14(19-13)18-11(2)20/h4,7-10H,3,5-6H2,1-2H3,(H2,15,16,17,18,19,20). The monoisotopic (exact) mass is 305 g/mol. The molecular formula is C14H19N5OS. The highest BCUT2D eigenvalue weighted by molar-refractivity contribution is 7.09. The van der Waals surface area contributed by atoms with Gasteiger partial charge in [0.05, 0.1) is 0 Å². The van der Waals surface area contributed by atoms with E-state index in [9.17, 15) is 4.79 Å². The number of thiophene rings is 1. The summed E-state index contributed by atoms with van der Waals surface area (Å²) in [6.07, 6.45) is 4.62. The van der Waals surface area contributed by atoms with E-state index in [1.807, 2.05) is 0 Å². The van der Waals surface area contributed by atoms with Gasteiger partial charge in [-0.1, -0.05) is 6.07 Å². The molecule has 0 spiro atoms. The van der Waals surface area contributed by atoms with Crippen LogP contribution in [0.4, 0.5) is 11.9 Å². The second kappa shape index (κ2) is 7.68. The molecule has 2 rings (SSSR count). The van der Waals surface area contributed by atoms with E-state index >= 15 is 0 Å². The van der Waals surface area contributed by atoms with E-state index in [1.54, 1.807) is 11.3 Å². The Morgan fingerprint density at radius 2 is 2.19 bits per heavy atom. The molecule has 2 aromatic heterocycles. The van der Waals surface area contributed by atoms with Crippen LogP contribution in [0.25, 0.3) is 0 Å². The Labute approximate surface area is 128 Å². The molecule has 0 saturated carbocycles. The smallest absolute Gasteiger partial charge is 0.234 e. The second-order valence-electron chi connectivity index (χ2n) is 4.83. The molecule has 1 amide bonds. The molecule has 0 aliphatic heterocycles. The van der Waals surface area contributed by atoms with Gasteiger partial charge in [-0.2, -0.15) is 4.98 Å². The van der Waals surface area contributed by atoms with Crippen LogP contribution >= 0.6 is 11.3 Å². The topological polar surface area (TPSA) is 79.8 Å². The van der Waals surface area contributed by atoms with E-state index in [2.05, 4.69) is 50.0 Å². The first-order valence-electron chi connectivity index (χ1n) is 6.89. The first-order chi connectivity index (χ1) is 10.1. The molecule has 0 fully saturated rings. The molecule has 7 heteroatoms.